The van der Waals surface area contributed by atoms with Crippen LogP contribution in [-0.4, -0.2) is 46.8 Å². The molecule has 1 aliphatic rings. The van der Waals surface area contributed by atoms with Gasteiger partial charge in [-0.2, -0.15) is 0 Å². The van der Waals surface area contributed by atoms with Crippen LogP contribution in [0, 0.1) is 19.8 Å². The second-order valence-corrected chi connectivity index (χ2v) is 8.85. The summed E-state index contributed by atoms with van der Waals surface area (Å²) >= 11 is 0. The molecule has 0 radical (unpaired) electrons. The molecule has 0 aliphatic heterocycles. The molecule has 1 aliphatic carbocycles. The summed E-state index contributed by atoms with van der Waals surface area (Å²) in [5.74, 6) is -0.350. The number of benzene rings is 1. The molecule has 6 heteroatoms. The number of carbonyl (C=O) groups excluding carboxylic acids is 3. The molecule has 0 spiro atoms. The van der Waals surface area contributed by atoms with E-state index in [4.69, 9.17) is 4.74 Å². The van der Waals surface area contributed by atoms with Gasteiger partial charge in [0, 0.05) is 30.4 Å². The third-order valence-corrected chi connectivity index (χ3v) is 6.86. The third kappa shape index (κ3) is 4.64. The molecule has 1 heterocycles. The molecule has 1 saturated carbocycles. The number of hydrogen-bond acceptors (Lipinski definition) is 4. The van der Waals surface area contributed by atoms with Crippen LogP contribution in [0.1, 0.15) is 81.5 Å². The Hall–Kier alpha value is -2.89. The average molecular weight is 439 g/mol. The number of amides is 1. The van der Waals surface area contributed by atoms with Crippen LogP contribution in [-0.2, 0) is 11.8 Å². The summed E-state index contributed by atoms with van der Waals surface area (Å²) in [6, 6.07) is 8.50. The Balaban J connectivity index is 1.97. The van der Waals surface area contributed by atoms with Crippen LogP contribution in [0.2, 0.25) is 0 Å². The van der Waals surface area contributed by atoms with Crippen LogP contribution >= 0.6 is 0 Å². The molecule has 0 bridgehead atoms. The van der Waals surface area contributed by atoms with Gasteiger partial charge < -0.3 is 14.2 Å². The quantitative estimate of drug-likeness (QED) is 0.463. The maximum absolute atomic E-state index is 13.7. The Labute approximate surface area is 190 Å². The zero-order valence-electron chi connectivity index (χ0n) is 19.8. The zero-order chi connectivity index (χ0) is 23.4. The molecule has 32 heavy (non-hydrogen) atoms. The van der Waals surface area contributed by atoms with Crippen LogP contribution in [0.15, 0.2) is 30.3 Å². The minimum Gasteiger partial charge on any atom is -0.464 e. The van der Waals surface area contributed by atoms with Crippen molar-refractivity contribution in [3.8, 4) is 0 Å². The van der Waals surface area contributed by atoms with E-state index in [0.29, 0.717) is 40.5 Å². The van der Waals surface area contributed by atoms with Crippen molar-refractivity contribution in [1.82, 2.24) is 9.47 Å². The smallest absolute Gasteiger partial charge is 0.354 e. The van der Waals surface area contributed by atoms with Crippen LogP contribution in [0.4, 0.5) is 0 Å². The van der Waals surface area contributed by atoms with Crippen molar-refractivity contribution in [1.29, 1.82) is 0 Å². The lowest BCUT2D eigenvalue weighted by Gasteiger charge is -2.33. The van der Waals surface area contributed by atoms with Crippen LogP contribution < -0.4 is 0 Å². The number of rotatable bonds is 7. The van der Waals surface area contributed by atoms with Crippen LogP contribution in [0.5, 0.6) is 0 Å². The summed E-state index contributed by atoms with van der Waals surface area (Å²) in [6.07, 6.45) is 5.72. The second kappa shape index (κ2) is 10.2. The summed E-state index contributed by atoms with van der Waals surface area (Å²) in [6.45, 7) is 5.96. The number of esters is 1. The molecular weight excluding hydrogens is 404 g/mol. The number of nitrogens with zero attached hydrogens (tertiary/aromatic N) is 2. The van der Waals surface area contributed by atoms with Crippen molar-refractivity contribution in [2.75, 3.05) is 13.7 Å². The van der Waals surface area contributed by atoms with E-state index in [1.54, 1.807) is 42.5 Å². The number of methoxy groups -OCH3 is 1. The van der Waals surface area contributed by atoms with Gasteiger partial charge in [0.2, 0.25) is 0 Å². The van der Waals surface area contributed by atoms with E-state index in [1.165, 1.54) is 26.4 Å². The van der Waals surface area contributed by atoms with Gasteiger partial charge >= 0.3 is 5.97 Å². The van der Waals surface area contributed by atoms with Gasteiger partial charge in [0.25, 0.3) is 5.91 Å². The average Bonchev–Trinajstić information content (AvgIpc) is 3.04. The fraction of sp³-hybridized carbons (Fsp3) is 0.500. The molecule has 6 nitrogen and oxygen atoms in total. The molecule has 1 amide bonds. The van der Waals surface area contributed by atoms with Crippen molar-refractivity contribution < 1.29 is 19.1 Å². The SMILES string of the molecule is COC(=O)c1c(C)c(C(=O)C(C)N(CC2CCCCC2)C(=O)c2ccccc2)c(C)n1C. The van der Waals surface area contributed by atoms with Crippen molar-refractivity contribution in [3.05, 3.63) is 58.4 Å². The Kier molecular flexibility index (Phi) is 7.54. The fourth-order valence-electron chi connectivity index (χ4n) is 4.89. The molecule has 1 atom stereocenters. The van der Waals surface area contributed by atoms with Crippen molar-refractivity contribution in [2.45, 2.75) is 58.9 Å². The molecule has 0 N–H and O–H groups in total. The Bertz CT molecular complexity index is 987. The first-order valence-corrected chi connectivity index (χ1v) is 11.4. The maximum atomic E-state index is 13.7. The molecule has 3 rings (SSSR count). The van der Waals surface area contributed by atoms with Gasteiger partial charge in [-0.3, -0.25) is 9.59 Å². The predicted molar refractivity (Wildman–Crippen MR) is 124 cm³/mol. The van der Waals surface area contributed by atoms with Gasteiger partial charge in [0.05, 0.1) is 13.2 Å². The van der Waals surface area contributed by atoms with Gasteiger partial charge in [-0.15, -0.1) is 0 Å². The van der Waals surface area contributed by atoms with E-state index in [-0.39, 0.29) is 11.7 Å². The van der Waals surface area contributed by atoms with Gasteiger partial charge in [-0.25, -0.2) is 4.79 Å². The molecular formula is C26H34N2O4. The van der Waals surface area contributed by atoms with Gasteiger partial charge in [-0.05, 0) is 57.2 Å². The molecule has 1 unspecified atom stereocenters. The monoisotopic (exact) mass is 438 g/mol. The first kappa shape index (κ1) is 23.8. The molecule has 2 aromatic rings. The lowest BCUT2D eigenvalue weighted by molar-refractivity contribution is 0.0577. The highest BCUT2D eigenvalue weighted by molar-refractivity contribution is 6.07. The van der Waals surface area contributed by atoms with E-state index >= 15 is 0 Å². The number of ether oxygens (including phenoxy) is 1. The predicted octanol–water partition coefficient (Wildman–Crippen LogP) is 4.72. The second-order valence-electron chi connectivity index (χ2n) is 8.85. The largest absolute Gasteiger partial charge is 0.464 e. The van der Waals surface area contributed by atoms with Crippen LogP contribution in [0.25, 0.3) is 0 Å². The summed E-state index contributed by atoms with van der Waals surface area (Å²) in [5.41, 5.74) is 2.74. The molecule has 1 aromatic heterocycles. The van der Waals surface area contributed by atoms with Crippen molar-refractivity contribution in [2.24, 2.45) is 13.0 Å². The Morgan fingerprint density at radius 3 is 2.31 bits per heavy atom. The highest BCUT2D eigenvalue weighted by Crippen LogP contribution is 2.28. The number of ketones is 1. The first-order chi connectivity index (χ1) is 15.3. The number of hydrogen-bond donors (Lipinski definition) is 0. The standard InChI is InChI=1S/C26H34N2O4/c1-17-22(18(2)27(4)23(17)26(31)32-5)24(29)19(3)28(16-20-12-8-6-9-13-20)25(30)21-14-10-7-11-15-21/h7,10-11,14-15,19-20H,6,8-9,12-13,16H2,1-5H3. The summed E-state index contributed by atoms with van der Waals surface area (Å²) < 4.78 is 6.61. The maximum Gasteiger partial charge on any atom is 0.354 e. The number of aromatic nitrogens is 1. The first-order valence-electron chi connectivity index (χ1n) is 11.4. The molecule has 1 aromatic carbocycles. The summed E-state index contributed by atoms with van der Waals surface area (Å²) in [7, 11) is 3.09. The zero-order valence-corrected chi connectivity index (χ0v) is 19.8. The number of carbonyl (C=O) groups is 3. The van der Waals surface area contributed by atoms with Gasteiger partial charge in [0.1, 0.15) is 5.69 Å². The Morgan fingerprint density at radius 1 is 1.09 bits per heavy atom. The van der Waals surface area contributed by atoms with Crippen LogP contribution in [0.3, 0.4) is 0 Å². The molecule has 172 valence electrons. The van der Waals surface area contributed by atoms with E-state index in [1.807, 2.05) is 25.1 Å². The molecule has 1 fully saturated rings. The van der Waals surface area contributed by atoms with E-state index in [2.05, 4.69) is 0 Å². The fourth-order valence-corrected chi connectivity index (χ4v) is 4.89. The molecule has 0 saturated heterocycles. The van der Waals surface area contributed by atoms with Gasteiger partial charge in [-0.1, -0.05) is 37.5 Å². The Morgan fingerprint density at radius 2 is 1.72 bits per heavy atom. The van der Waals surface area contributed by atoms with Crippen molar-refractivity contribution >= 4 is 17.7 Å². The lowest BCUT2D eigenvalue weighted by atomic mass is 9.88. The van der Waals surface area contributed by atoms with E-state index < -0.39 is 12.0 Å². The highest BCUT2D eigenvalue weighted by atomic mass is 16.5. The topological polar surface area (TPSA) is 68.6 Å². The summed E-state index contributed by atoms with van der Waals surface area (Å²) in [5, 5.41) is 0. The summed E-state index contributed by atoms with van der Waals surface area (Å²) in [4.78, 5) is 41.2. The van der Waals surface area contributed by atoms with E-state index in [0.717, 1.165) is 12.8 Å². The normalized spacial score (nSPS) is 15.3. The minimum absolute atomic E-state index is 0.128. The van der Waals surface area contributed by atoms with Crippen molar-refractivity contribution in [3.63, 3.8) is 0 Å². The van der Waals surface area contributed by atoms with Gasteiger partial charge in [0.15, 0.2) is 5.78 Å². The number of Topliss-reactive ketones (excluding diaryl/α,β-unsaturated/α-hetero) is 1. The lowest BCUT2D eigenvalue weighted by Crippen LogP contribution is -2.46. The third-order valence-electron chi connectivity index (χ3n) is 6.86. The highest BCUT2D eigenvalue weighted by Gasteiger charge is 2.34. The van der Waals surface area contributed by atoms with E-state index in [9.17, 15) is 14.4 Å². The minimum atomic E-state index is -0.644.